The standard InChI is InChI=1S/C25H28N2O4/c1-5-30-24-16-20(10-11-23(24)31-17-19-12-14-26-15-13-19)25(28)27(3)18(2)21-8-6-7-9-22(21)29-4/h6-16,18H,5,17H2,1-4H3. The first-order valence-corrected chi connectivity index (χ1v) is 10.2. The Hall–Kier alpha value is -3.54. The number of carbonyl (C=O) groups excluding carboxylic acids is 1. The minimum atomic E-state index is -0.165. The second kappa shape index (κ2) is 10.5. The van der Waals surface area contributed by atoms with E-state index in [9.17, 15) is 4.79 Å². The van der Waals surface area contributed by atoms with Gasteiger partial charge >= 0.3 is 0 Å². The molecule has 2 aromatic carbocycles. The zero-order valence-electron chi connectivity index (χ0n) is 18.4. The largest absolute Gasteiger partial charge is 0.496 e. The van der Waals surface area contributed by atoms with Crippen LogP contribution in [0.15, 0.2) is 67.0 Å². The molecule has 0 bridgehead atoms. The van der Waals surface area contributed by atoms with Crippen LogP contribution in [0.2, 0.25) is 0 Å². The highest BCUT2D eigenvalue weighted by atomic mass is 16.5. The molecule has 31 heavy (non-hydrogen) atoms. The molecule has 0 fully saturated rings. The SMILES string of the molecule is CCOc1cc(C(=O)N(C)C(C)c2ccccc2OC)ccc1OCc1ccncc1. The first kappa shape index (κ1) is 22.2. The molecule has 6 nitrogen and oxygen atoms in total. The fraction of sp³-hybridized carbons (Fsp3) is 0.280. The van der Waals surface area contributed by atoms with Crippen molar-refractivity contribution in [1.29, 1.82) is 0 Å². The van der Waals surface area contributed by atoms with Crippen molar-refractivity contribution in [3.05, 3.63) is 83.7 Å². The van der Waals surface area contributed by atoms with E-state index in [1.165, 1.54) is 0 Å². The van der Waals surface area contributed by atoms with Crippen molar-refractivity contribution in [2.75, 3.05) is 20.8 Å². The van der Waals surface area contributed by atoms with Crippen LogP contribution in [0.25, 0.3) is 0 Å². The van der Waals surface area contributed by atoms with Gasteiger partial charge in [-0.3, -0.25) is 9.78 Å². The third kappa shape index (κ3) is 5.34. The summed E-state index contributed by atoms with van der Waals surface area (Å²) in [7, 11) is 3.42. The summed E-state index contributed by atoms with van der Waals surface area (Å²) >= 11 is 0. The highest BCUT2D eigenvalue weighted by Gasteiger charge is 2.22. The van der Waals surface area contributed by atoms with Gasteiger partial charge < -0.3 is 19.1 Å². The molecule has 1 amide bonds. The Labute approximate surface area is 183 Å². The van der Waals surface area contributed by atoms with E-state index in [0.717, 1.165) is 16.9 Å². The molecular weight excluding hydrogens is 392 g/mol. The highest BCUT2D eigenvalue weighted by Crippen LogP contribution is 2.32. The number of aromatic nitrogens is 1. The summed E-state index contributed by atoms with van der Waals surface area (Å²) in [5, 5.41) is 0. The van der Waals surface area contributed by atoms with E-state index in [1.54, 1.807) is 49.7 Å². The van der Waals surface area contributed by atoms with Gasteiger partial charge in [0.2, 0.25) is 0 Å². The van der Waals surface area contributed by atoms with Crippen LogP contribution < -0.4 is 14.2 Å². The van der Waals surface area contributed by atoms with Gasteiger partial charge in [0.1, 0.15) is 12.4 Å². The van der Waals surface area contributed by atoms with Crippen molar-refractivity contribution in [2.45, 2.75) is 26.5 Å². The van der Waals surface area contributed by atoms with Crippen LogP contribution in [0.5, 0.6) is 17.2 Å². The molecule has 0 aliphatic heterocycles. The maximum Gasteiger partial charge on any atom is 0.254 e. The van der Waals surface area contributed by atoms with Gasteiger partial charge in [0.25, 0.3) is 5.91 Å². The molecule has 0 saturated heterocycles. The van der Waals surface area contributed by atoms with Gasteiger partial charge in [0.15, 0.2) is 11.5 Å². The molecule has 3 rings (SSSR count). The van der Waals surface area contributed by atoms with Crippen molar-refractivity contribution >= 4 is 5.91 Å². The van der Waals surface area contributed by atoms with E-state index in [-0.39, 0.29) is 11.9 Å². The number of carbonyl (C=O) groups is 1. The van der Waals surface area contributed by atoms with Gasteiger partial charge in [-0.05, 0) is 55.8 Å². The Balaban J connectivity index is 1.79. The number of ether oxygens (including phenoxy) is 3. The number of benzene rings is 2. The van der Waals surface area contributed by atoms with Gasteiger partial charge in [-0.25, -0.2) is 0 Å². The molecular formula is C25H28N2O4. The summed E-state index contributed by atoms with van der Waals surface area (Å²) in [4.78, 5) is 18.9. The van der Waals surface area contributed by atoms with Gasteiger partial charge in [0, 0.05) is 30.6 Å². The number of hydrogen-bond acceptors (Lipinski definition) is 5. The third-order valence-electron chi connectivity index (χ3n) is 5.12. The lowest BCUT2D eigenvalue weighted by molar-refractivity contribution is 0.0740. The molecule has 1 heterocycles. The van der Waals surface area contributed by atoms with Crippen LogP contribution in [0.4, 0.5) is 0 Å². The lowest BCUT2D eigenvalue weighted by Crippen LogP contribution is -2.30. The molecule has 0 radical (unpaired) electrons. The molecule has 6 heteroatoms. The number of pyridine rings is 1. The average Bonchev–Trinajstić information content (AvgIpc) is 2.82. The quantitative estimate of drug-likeness (QED) is 0.493. The van der Waals surface area contributed by atoms with Crippen molar-refractivity contribution in [3.63, 3.8) is 0 Å². The summed E-state index contributed by atoms with van der Waals surface area (Å²) in [5.74, 6) is 1.78. The van der Waals surface area contributed by atoms with Crippen molar-refractivity contribution in [3.8, 4) is 17.2 Å². The summed E-state index contributed by atoms with van der Waals surface area (Å²) in [5.41, 5.74) is 2.48. The van der Waals surface area contributed by atoms with Crippen LogP contribution in [-0.4, -0.2) is 36.6 Å². The molecule has 1 aromatic heterocycles. The maximum absolute atomic E-state index is 13.2. The van der Waals surface area contributed by atoms with E-state index in [2.05, 4.69) is 4.98 Å². The van der Waals surface area contributed by atoms with Crippen molar-refractivity contribution < 1.29 is 19.0 Å². The van der Waals surface area contributed by atoms with E-state index in [0.29, 0.717) is 30.3 Å². The molecule has 0 aliphatic rings. The highest BCUT2D eigenvalue weighted by molar-refractivity contribution is 5.95. The van der Waals surface area contributed by atoms with Gasteiger partial charge in [-0.1, -0.05) is 18.2 Å². The fourth-order valence-corrected chi connectivity index (χ4v) is 3.27. The normalized spacial score (nSPS) is 11.5. The predicted octanol–water partition coefficient (Wildman–Crippen LogP) is 4.90. The Morgan fingerprint density at radius 3 is 2.45 bits per heavy atom. The molecule has 0 saturated carbocycles. The van der Waals surface area contributed by atoms with Crippen molar-refractivity contribution in [2.24, 2.45) is 0 Å². The van der Waals surface area contributed by atoms with Crippen LogP contribution in [-0.2, 0) is 6.61 Å². The smallest absolute Gasteiger partial charge is 0.254 e. The second-order valence-corrected chi connectivity index (χ2v) is 7.07. The molecule has 0 N–H and O–H groups in total. The third-order valence-corrected chi connectivity index (χ3v) is 5.12. The van der Waals surface area contributed by atoms with Crippen LogP contribution in [0.1, 0.15) is 41.4 Å². The molecule has 0 aliphatic carbocycles. The molecule has 162 valence electrons. The summed E-state index contributed by atoms with van der Waals surface area (Å²) in [6.45, 7) is 4.74. The Bertz CT molecular complexity index is 1010. The summed E-state index contributed by atoms with van der Waals surface area (Å²) < 4.78 is 17.1. The topological polar surface area (TPSA) is 60.9 Å². The lowest BCUT2D eigenvalue weighted by atomic mass is 10.0. The molecule has 1 unspecified atom stereocenters. The number of amides is 1. The number of nitrogens with zero attached hydrogens (tertiary/aromatic N) is 2. The van der Waals surface area contributed by atoms with Crippen LogP contribution in [0, 0.1) is 0 Å². The zero-order chi connectivity index (χ0) is 22.2. The Morgan fingerprint density at radius 1 is 1.00 bits per heavy atom. The van der Waals surface area contributed by atoms with Crippen LogP contribution in [0.3, 0.4) is 0 Å². The Morgan fingerprint density at radius 2 is 1.74 bits per heavy atom. The van der Waals surface area contributed by atoms with Crippen LogP contribution >= 0.6 is 0 Å². The van der Waals surface area contributed by atoms with Gasteiger partial charge in [0.05, 0.1) is 19.8 Å². The van der Waals surface area contributed by atoms with E-state index >= 15 is 0 Å². The van der Waals surface area contributed by atoms with Gasteiger partial charge in [-0.15, -0.1) is 0 Å². The first-order valence-electron chi connectivity index (χ1n) is 10.2. The van der Waals surface area contributed by atoms with E-state index in [4.69, 9.17) is 14.2 Å². The maximum atomic E-state index is 13.2. The molecule has 1 atom stereocenters. The Kier molecular flexibility index (Phi) is 7.49. The number of methoxy groups -OCH3 is 1. The minimum Gasteiger partial charge on any atom is -0.496 e. The molecule has 3 aromatic rings. The number of para-hydroxylation sites is 1. The zero-order valence-corrected chi connectivity index (χ0v) is 18.4. The fourth-order valence-electron chi connectivity index (χ4n) is 3.27. The lowest BCUT2D eigenvalue weighted by Gasteiger charge is -2.27. The molecule has 0 spiro atoms. The van der Waals surface area contributed by atoms with Gasteiger partial charge in [-0.2, -0.15) is 0 Å². The number of rotatable bonds is 9. The average molecular weight is 421 g/mol. The summed E-state index contributed by atoms with van der Waals surface area (Å²) in [6, 6.07) is 16.6. The first-order chi connectivity index (χ1) is 15.0. The number of hydrogen-bond donors (Lipinski definition) is 0. The monoisotopic (exact) mass is 420 g/mol. The van der Waals surface area contributed by atoms with Crippen molar-refractivity contribution in [1.82, 2.24) is 9.88 Å². The second-order valence-electron chi connectivity index (χ2n) is 7.07. The predicted molar refractivity (Wildman–Crippen MR) is 120 cm³/mol. The van der Waals surface area contributed by atoms with E-state index < -0.39 is 0 Å². The van der Waals surface area contributed by atoms with E-state index in [1.807, 2.05) is 50.2 Å². The summed E-state index contributed by atoms with van der Waals surface area (Å²) in [6.07, 6.45) is 3.45. The minimum absolute atomic E-state index is 0.111.